The minimum atomic E-state index is -1.30. The van der Waals surface area contributed by atoms with Crippen LogP contribution in [0.4, 0.5) is 4.79 Å². The van der Waals surface area contributed by atoms with E-state index in [0.717, 1.165) is 19.4 Å². The first-order chi connectivity index (χ1) is 13.8. The lowest BCUT2D eigenvalue weighted by atomic mass is 9.98. The van der Waals surface area contributed by atoms with Gasteiger partial charge in [-0.05, 0) is 5.56 Å². The van der Waals surface area contributed by atoms with Gasteiger partial charge >= 0.3 is 18.1 Å². The molecule has 0 radical (unpaired) electrons. The van der Waals surface area contributed by atoms with Crippen LogP contribution in [0.25, 0.3) is 0 Å². The van der Waals surface area contributed by atoms with Gasteiger partial charge in [0.25, 0.3) is 0 Å². The van der Waals surface area contributed by atoms with Crippen molar-refractivity contribution in [3.8, 4) is 0 Å². The highest BCUT2D eigenvalue weighted by atomic mass is 16.8. The molecular weight excluding hydrogens is 388 g/mol. The van der Waals surface area contributed by atoms with Crippen LogP contribution in [0.5, 0.6) is 0 Å². The minimum Gasteiger partial charge on any atom is -0.454 e. The van der Waals surface area contributed by atoms with E-state index in [9.17, 15) is 19.5 Å². The first-order valence-electron chi connectivity index (χ1n) is 8.86. The molecule has 5 atom stereocenters. The van der Waals surface area contributed by atoms with E-state index in [1.54, 1.807) is 24.3 Å². The van der Waals surface area contributed by atoms with Crippen molar-refractivity contribution < 1.29 is 47.9 Å². The first-order valence-corrected chi connectivity index (χ1v) is 8.86. The van der Waals surface area contributed by atoms with E-state index in [2.05, 4.69) is 0 Å². The Morgan fingerprint density at radius 1 is 0.966 bits per heavy atom. The molecule has 1 aromatic rings. The Balaban J connectivity index is 2.17. The number of hydrogen-bond acceptors (Lipinski definition) is 10. The smallest absolute Gasteiger partial charge is 0.454 e. The Morgan fingerprint density at radius 3 is 2.14 bits per heavy atom. The van der Waals surface area contributed by atoms with Gasteiger partial charge in [0.2, 0.25) is 0 Å². The zero-order valence-electron chi connectivity index (χ0n) is 16.3. The number of esters is 2. The highest BCUT2D eigenvalue weighted by molar-refractivity contribution is 5.67. The zero-order chi connectivity index (χ0) is 21.4. The third kappa shape index (κ3) is 6.41. The molecule has 1 aromatic carbocycles. The van der Waals surface area contributed by atoms with Gasteiger partial charge in [0.15, 0.2) is 24.6 Å². The quantitative estimate of drug-likeness (QED) is 0.510. The van der Waals surface area contributed by atoms with E-state index >= 15 is 0 Å². The number of carbonyl (C=O) groups is 3. The molecule has 1 N–H and O–H groups in total. The Hall–Kier alpha value is -2.69. The lowest BCUT2D eigenvalue weighted by molar-refractivity contribution is -0.300. The van der Waals surface area contributed by atoms with E-state index in [1.807, 2.05) is 6.07 Å². The molecule has 0 amide bonds. The average molecular weight is 412 g/mol. The third-order valence-corrected chi connectivity index (χ3v) is 4.04. The van der Waals surface area contributed by atoms with E-state index in [-0.39, 0.29) is 6.61 Å². The summed E-state index contributed by atoms with van der Waals surface area (Å²) in [5, 5.41) is 9.65. The SMILES string of the molecule is CO[C@H]1O[C@H](CO)[C@@H](OC(=O)OCc2ccccc2)[C@H](OC(C)=O)[C@H]1OC(C)=O. The van der Waals surface area contributed by atoms with Crippen LogP contribution in [0.15, 0.2) is 30.3 Å². The lowest BCUT2D eigenvalue weighted by Gasteiger charge is -2.43. The lowest BCUT2D eigenvalue weighted by Crippen LogP contribution is -2.62. The molecule has 160 valence electrons. The predicted octanol–water partition coefficient (Wildman–Crippen LogP) is 0.935. The van der Waals surface area contributed by atoms with Crippen molar-refractivity contribution in [3.05, 3.63) is 35.9 Å². The molecule has 10 heteroatoms. The Morgan fingerprint density at radius 2 is 1.59 bits per heavy atom. The molecule has 1 fully saturated rings. The van der Waals surface area contributed by atoms with E-state index in [1.165, 1.54) is 7.11 Å². The highest BCUT2D eigenvalue weighted by Crippen LogP contribution is 2.29. The summed E-state index contributed by atoms with van der Waals surface area (Å²) in [5.41, 5.74) is 0.733. The van der Waals surface area contributed by atoms with Crippen molar-refractivity contribution in [2.24, 2.45) is 0 Å². The summed E-state index contributed by atoms with van der Waals surface area (Å²) < 4.78 is 31.4. The van der Waals surface area contributed by atoms with E-state index in [4.69, 9.17) is 28.4 Å². The molecule has 1 aliphatic heterocycles. The van der Waals surface area contributed by atoms with Crippen LogP contribution in [0.1, 0.15) is 19.4 Å². The van der Waals surface area contributed by atoms with Crippen molar-refractivity contribution in [2.45, 2.75) is 51.2 Å². The van der Waals surface area contributed by atoms with Crippen molar-refractivity contribution >= 4 is 18.1 Å². The molecule has 2 rings (SSSR count). The minimum absolute atomic E-state index is 0.0522. The van der Waals surface area contributed by atoms with Gasteiger partial charge in [0, 0.05) is 21.0 Å². The van der Waals surface area contributed by atoms with Gasteiger partial charge in [0.1, 0.15) is 12.7 Å². The van der Waals surface area contributed by atoms with Gasteiger partial charge in [-0.3, -0.25) is 9.59 Å². The number of carbonyl (C=O) groups excluding carboxylic acids is 3. The fraction of sp³-hybridized carbons (Fsp3) is 0.526. The summed E-state index contributed by atoms with van der Waals surface area (Å²) in [5.74, 6) is -1.41. The second-order valence-electron chi connectivity index (χ2n) is 6.22. The van der Waals surface area contributed by atoms with Crippen LogP contribution in [0, 0.1) is 0 Å². The van der Waals surface area contributed by atoms with Crippen LogP contribution in [-0.2, 0) is 44.6 Å². The maximum absolute atomic E-state index is 12.2. The van der Waals surface area contributed by atoms with Crippen LogP contribution < -0.4 is 0 Å². The van der Waals surface area contributed by atoms with Crippen LogP contribution in [-0.4, -0.2) is 67.6 Å². The summed E-state index contributed by atoms with van der Waals surface area (Å²) in [6.45, 7) is 1.66. The van der Waals surface area contributed by atoms with Crippen LogP contribution in [0.2, 0.25) is 0 Å². The molecule has 0 bridgehead atoms. The number of aliphatic hydroxyl groups is 1. The summed E-state index contributed by atoms with van der Waals surface area (Å²) in [7, 11) is 1.29. The summed E-state index contributed by atoms with van der Waals surface area (Å²) in [6, 6.07) is 8.90. The second-order valence-corrected chi connectivity index (χ2v) is 6.22. The third-order valence-electron chi connectivity index (χ3n) is 4.04. The number of ether oxygens (including phenoxy) is 6. The fourth-order valence-electron chi connectivity index (χ4n) is 2.86. The van der Waals surface area contributed by atoms with Gasteiger partial charge in [0.05, 0.1) is 6.61 Å². The molecule has 0 aromatic heterocycles. The first kappa shape index (κ1) is 22.6. The molecule has 0 unspecified atom stereocenters. The molecular formula is C19H24O10. The number of benzene rings is 1. The summed E-state index contributed by atoms with van der Waals surface area (Å²) >= 11 is 0. The van der Waals surface area contributed by atoms with Crippen molar-refractivity contribution in [2.75, 3.05) is 13.7 Å². The second kappa shape index (κ2) is 10.7. The van der Waals surface area contributed by atoms with Crippen molar-refractivity contribution in [1.29, 1.82) is 0 Å². The number of aliphatic hydroxyl groups excluding tert-OH is 1. The predicted molar refractivity (Wildman–Crippen MR) is 95.4 cm³/mol. The normalized spacial score (nSPS) is 26.3. The fourth-order valence-corrected chi connectivity index (χ4v) is 2.86. The highest BCUT2D eigenvalue weighted by Gasteiger charge is 2.52. The Bertz CT molecular complexity index is 691. The molecule has 10 nitrogen and oxygen atoms in total. The number of methoxy groups -OCH3 is 1. The Kier molecular flexibility index (Phi) is 8.37. The number of hydrogen-bond donors (Lipinski definition) is 1. The van der Waals surface area contributed by atoms with E-state index < -0.39 is 55.4 Å². The molecule has 1 heterocycles. The van der Waals surface area contributed by atoms with Gasteiger partial charge in [-0.1, -0.05) is 30.3 Å². The molecule has 0 saturated carbocycles. The molecule has 29 heavy (non-hydrogen) atoms. The summed E-state index contributed by atoms with van der Waals surface area (Å²) in [4.78, 5) is 35.3. The van der Waals surface area contributed by atoms with Crippen molar-refractivity contribution in [1.82, 2.24) is 0 Å². The molecule has 0 aliphatic carbocycles. The van der Waals surface area contributed by atoms with Crippen molar-refractivity contribution in [3.63, 3.8) is 0 Å². The van der Waals surface area contributed by atoms with Gasteiger partial charge < -0.3 is 33.5 Å². The molecule has 1 aliphatic rings. The maximum atomic E-state index is 12.2. The number of rotatable bonds is 7. The van der Waals surface area contributed by atoms with Gasteiger partial charge in [-0.25, -0.2) is 4.79 Å². The Labute approximate surface area is 167 Å². The summed E-state index contributed by atoms with van der Waals surface area (Å²) in [6.07, 6.45) is -7.15. The van der Waals surface area contributed by atoms with Crippen LogP contribution in [0.3, 0.4) is 0 Å². The molecule has 0 spiro atoms. The topological polar surface area (TPSA) is 127 Å². The largest absolute Gasteiger partial charge is 0.509 e. The average Bonchev–Trinajstić information content (AvgIpc) is 2.69. The molecule has 1 saturated heterocycles. The van der Waals surface area contributed by atoms with Crippen LogP contribution >= 0.6 is 0 Å². The maximum Gasteiger partial charge on any atom is 0.509 e. The zero-order valence-corrected chi connectivity index (χ0v) is 16.3. The van der Waals surface area contributed by atoms with E-state index in [0.29, 0.717) is 0 Å². The standard InChI is InChI=1S/C19H24O10/c1-11(21)26-16-15(29-19(23)25-10-13-7-5-4-6-8-13)14(9-20)28-18(24-3)17(16)27-12(2)22/h4-8,14-18,20H,9-10H2,1-3H3/t14-,15-,16+,17-,18+/m1/s1. The van der Waals surface area contributed by atoms with Gasteiger partial charge in [-0.15, -0.1) is 0 Å². The van der Waals surface area contributed by atoms with Gasteiger partial charge in [-0.2, -0.15) is 0 Å². The monoisotopic (exact) mass is 412 g/mol.